The quantitative estimate of drug-likeness (QED) is 0.520. The normalized spacial score (nSPS) is 15.7. The van der Waals surface area contributed by atoms with Crippen LogP contribution in [0.4, 0.5) is 16.2 Å². The summed E-state index contributed by atoms with van der Waals surface area (Å²) < 4.78 is 0. The van der Waals surface area contributed by atoms with Crippen LogP contribution >= 0.6 is 0 Å². The second-order valence-electron chi connectivity index (χ2n) is 6.68. The maximum absolute atomic E-state index is 12.6. The maximum atomic E-state index is 12.6. The van der Waals surface area contributed by atoms with Gasteiger partial charge in [-0.3, -0.25) is 4.79 Å². The molecule has 0 bridgehead atoms. The maximum Gasteiger partial charge on any atom is 0.405 e. The fourth-order valence-corrected chi connectivity index (χ4v) is 3.47. The van der Waals surface area contributed by atoms with E-state index in [1.165, 1.54) is 0 Å². The van der Waals surface area contributed by atoms with E-state index in [9.17, 15) is 14.7 Å². The molecule has 1 fully saturated rings. The number of rotatable bonds is 5. The molecule has 1 atom stereocenters. The van der Waals surface area contributed by atoms with Crippen LogP contribution in [-0.4, -0.2) is 30.2 Å². The molecule has 2 aromatic rings. The number of para-hydroxylation sites is 1. The van der Waals surface area contributed by atoms with Crippen LogP contribution in [0.1, 0.15) is 34.8 Å². The van der Waals surface area contributed by atoms with E-state index in [-0.39, 0.29) is 11.8 Å². The highest BCUT2D eigenvalue weighted by molar-refractivity contribution is 6.04. The first kappa shape index (κ1) is 18.7. The van der Waals surface area contributed by atoms with E-state index in [2.05, 4.69) is 16.0 Å². The molecule has 1 heterocycles. The van der Waals surface area contributed by atoms with Crippen LogP contribution in [0.15, 0.2) is 48.5 Å². The lowest BCUT2D eigenvalue weighted by Gasteiger charge is -2.31. The van der Waals surface area contributed by atoms with Gasteiger partial charge in [0, 0.05) is 16.9 Å². The highest BCUT2D eigenvalue weighted by atomic mass is 16.4. The number of benzene rings is 2. The van der Waals surface area contributed by atoms with E-state index in [0.717, 1.165) is 25.9 Å². The summed E-state index contributed by atoms with van der Waals surface area (Å²) in [5, 5.41) is 18.0. The molecule has 27 heavy (non-hydrogen) atoms. The molecule has 1 aliphatic heterocycles. The van der Waals surface area contributed by atoms with E-state index in [4.69, 9.17) is 5.73 Å². The van der Waals surface area contributed by atoms with Crippen LogP contribution in [0.3, 0.4) is 0 Å². The van der Waals surface area contributed by atoms with E-state index >= 15 is 0 Å². The topological polar surface area (TPSA) is 116 Å². The van der Waals surface area contributed by atoms with Crippen molar-refractivity contribution in [2.75, 3.05) is 24.1 Å². The zero-order chi connectivity index (χ0) is 19.2. The van der Waals surface area contributed by atoms with Gasteiger partial charge in [-0.05, 0) is 67.7 Å². The van der Waals surface area contributed by atoms with Crippen LogP contribution in [-0.2, 0) is 0 Å². The molecule has 0 radical (unpaired) electrons. The Kier molecular flexibility index (Phi) is 5.93. The van der Waals surface area contributed by atoms with Gasteiger partial charge in [0.25, 0.3) is 5.91 Å². The number of hydrogen-bond acceptors (Lipinski definition) is 4. The van der Waals surface area contributed by atoms with Crippen LogP contribution in [0, 0.1) is 5.92 Å². The van der Waals surface area contributed by atoms with E-state index < -0.39 is 12.1 Å². The van der Waals surface area contributed by atoms with Crippen molar-refractivity contribution in [3.8, 4) is 0 Å². The van der Waals surface area contributed by atoms with Gasteiger partial charge in [-0.2, -0.15) is 0 Å². The molecule has 2 amide bonds. The first-order chi connectivity index (χ1) is 13.0. The van der Waals surface area contributed by atoms with Gasteiger partial charge in [-0.25, -0.2) is 4.79 Å². The van der Waals surface area contributed by atoms with E-state index in [1.807, 2.05) is 18.2 Å². The Balaban J connectivity index is 1.87. The van der Waals surface area contributed by atoms with Gasteiger partial charge in [0.05, 0.1) is 6.04 Å². The van der Waals surface area contributed by atoms with Crippen LogP contribution < -0.4 is 21.7 Å². The van der Waals surface area contributed by atoms with Crippen molar-refractivity contribution in [1.82, 2.24) is 10.6 Å². The molecule has 7 heteroatoms. The second kappa shape index (κ2) is 8.55. The lowest BCUT2D eigenvalue weighted by molar-refractivity contribution is 0.102. The average Bonchev–Trinajstić information content (AvgIpc) is 2.68. The molecule has 7 nitrogen and oxygen atoms in total. The summed E-state index contributed by atoms with van der Waals surface area (Å²) >= 11 is 0. The first-order valence-electron chi connectivity index (χ1n) is 9.00. The molecular weight excluding hydrogens is 344 g/mol. The van der Waals surface area contributed by atoms with Crippen molar-refractivity contribution in [2.24, 2.45) is 5.92 Å². The average molecular weight is 368 g/mol. The minimum Gasteiger partial charge on any atom is -0.465 e. The minimum atomic E-state index is -1.10. The molecule has 0 spiro atoms. The number of piperidine rings is 1. The highest BCUT2D eigenvalue weighted by Crippen LogP contribution is 2.33. The third kappa shape index (κ3) is 4.77. The number of hydrogen-bond donors (Lipinski definition) is 5. The molecule has 3 rings (SSSR count). The zero-order valence-electron chi connectivity index (χ0n) is 14.9. The van der Waals surface area contributed by atoms with Gasteiger partial charge in [0.1, 0.15) is 0 Å². The third-order valence-corrected chi connectivity index (χ3v) is 4.85. The van der Waals surface area contributed by atoms with Crippen LogP contribution in [0.25, 0.3) is 0 Å². The summed E-state index contributed by atoms with van der Waals surface area (Å²) in [7, 11) is 0. The van der Waals surface area contributed by atoms with Crippen molar-refractivity contribution >= 4 is 23.4 Å². The van der Waals surface area contributed by atoms with Gasteiger partial charge in [-0.15, -0.1) is 0 Å². The SMILES string of the molecule is Nc1ccc(C(=O)Nc2ccccc2)cc1C(NC(=O)O)C1CCNCC1. The Hall–Kier alpha value is -3.06. The number of nitrogens with one attached hydrogen (secondary N) is 3. The largest absolute Gasteiger partial charge is 0.465 e. The Morgan fingerprint density at radius 2 is 1.81 bits per heavy atom. The molecule has 2 aromatic carbocycles. The smallest absolute Gasteiger partial charge is 0.405 e. The zero-order valence-corrected chi connectivity index (χ0v) is 14.9. The Labute approximate surface area is 158 Å². The Morgan fingerprint density at radius 1 is 1.11 bits per heavy atom. The first-order valence-corrected chi connectivity index (χ1v) is 9.00. The van der Waals surface area contributed by atoms with E-state index in [0.29, 0.717) is 22.5 Å². The summed E-state index contributed by atoms with van der Waals surface area (Å²) in [5.41, 5.74) is 8.40. The fraction of sp³-hybridized carbons (Fsp3) is 0.300. The number of nitrogen functional groups attached to an aromatic ring is 1. The number of carbonyl (C=O) groups excluding carboxylic acids is 1. The molecule has 0 saturated carbocycles. The van der Waals surface area contributed by atoms with Crippen molar-refractivity contribution in [3.05, 3.63) is 59.7 Å². The molecule has 6 N–H and O–H groups in total. The fourth-order valence-electron chi connectivity index (χ4n) is 3.47. The summed E-state index contributed by atoms with van der Waals surface area (Å²) in [6.07, 6.45) is 0.576. The molecule has 0 aromatic heterocycles. The van der Waals surface area contributed by atoms with Gasteiger partial charge in [0.15, 0.2) is 0 Å². The molecule has 142 valence electrons. The van der Waals surface area contributed by atoms with Gasteiger partial charge in [-0.1, -0.05) is 18.2 Å². The number of anilines is 2. The summed E-state index contributed by atoms with van der Waals surface area (Å²) in [6, 6.07) is 13.7. The predicted molar refractivity (Wildman–Crippen MR) is 105 cm³/mol. The second-order valence-corrected chi connectivity index (χ2v) is 6.68. The molecular formula is C20H24N4O3. The van der Waals surface area contributed by atoms with E-state index in [1.54, 1.807) is 30.3 Å². The monoisotopic (exact) mass is 368 g/mol. The summed E-state index contributed by atoms with van der Waals surface area (Å²) in [5.74, 6) is -0.140. The minimum absolute atomic E-state index is 0.122. The molecule has 1 unspecified atom stereocenters. The van der Waals surface area contributed by atoms with Crippen LogP contribution in [0.2, 0.25) is 0 Å². The van der Waals surface area contributed by atoms with Gasteiger partial charge < -0.3 is 26.8 Å². The Bertz CT molecular complexity index is 804. The van der Waals surface area contributed by atoms with Crippen molar-refractivity contribution in [1.29, 1.82) is 0 Å². The number of carboxylic acid groups (broad SMARTS) is 1. The standard InChI is InChI=1S/C20H24N4O3/c21-17-7-6-14(19(25)23-15-4-2-1-3-5-15)12-16(17)18(24-20(26)27)13-8-10-22-11-9-13/h1-7,12-13,18,22,24H,8-11,21H2,(H,23,25)(H,26,27). The van der Waals surface area contributed by atoms with Gasteiger partial charge >= 0.3 is 6.09 Å². The predicted octanol–water partition coefficient (Wildman–Crippen LogP) is 2.83. The molecule has 0 aliphatic carbocycles. The van der Waals surface area contributed by atoms with Crippen molar-refractivity contribution in [2.45, 2.75) is 18.9 Å². The summed E-state index contributed by atoms with van der Waals surface area (Å²) in [6.45, 7) is 1.66. The lowest BCUT2D eigenvalue weighted by Crippen LogP contribution is -2.38. The number of carbonyl (C=O) groups is 2. The molecule has 1 saturated heterocycles. The molecule has 1 aliphatic rings. The number of nitrogens with two attached hydrogens (primary N) is 1. The third-order valence-electron chi connectivity index (χ3n) is 4.85. The van der Waals surface area contributed by atoms with Crippen molar-refractivity contribution in [3.63, 3.8) is 0 Å². The highest BCUT2D eigenvalue weighted by Gasteiger charge is 2.28. The van der Waals surface area contributed by atoms with Crippen molar-refractivity contribution < 1.29 is 14.7 Å². The van der Waals surface area contributed by atoms with Gasteiger partial charge in [0.2, 0.25) is 0 Å². The number of amides is 2. The summed E-state index contributed by atoms with van der Waals surface area (Å²) in [4.78, 5) is 24.0. The Morgan fingerprint density at radius 3 is 2.48 bits per heavy atom. The lowest BCUT2D eigenvalue weighted by atomic mass is 9.84. The van der Waals surface area contributed by atoms with Crippen LogP contribution in [0.5, 0.6) is 0 Å².